The second kappa shape index (κ2) is 7.76. The van der Waals surface area contributed by atoms with Gasteiger partial charge in [-0.2, -0.15) is 0 Å². The number of nitrogens with two attached hydrogens (primary N) is 1. The molecule has 1 amide bonds. The quantitative estimate of drug-likeness (QED) is 0.554. The van der Waals surface area contributed by atoms with Gasteiger partial charge in [0, 0.05) is 13.2 Å². The lowest BCUT2D eigenvalue weighted by atomic mass is 10.1. The molecule has 4 heteroatoms. The van der Waals surface area contributed by atoms with Crippen molar-refractivity contribution in [2.75, 3.05) is 13.2 Å². The van der Waals surface area contributed by atoms with Gasteiger partial charge >= 0.3 is 0 Å². The average Bonchev–Trinajstić information content (AvgIpc) is 2.15. The van der Waals surface area contributed by atoms with E-state index in [-0.39, 0.29) is 18.6 Å². The molecule has 0 aromatic heterocycles. The third-order valence-electron chi connectivity index (χ3n) is 2.18. The Balaban J connectivity index is 3.61. The first-order valence-corrected chi connectivity index (χ1v) is 5.26. The molecular formula is C10H22N2O2. The van der Waals surface area contributed by atoms with Crippen molar-refractivity contribution >= 4 is 5.91 Å². The minimum absolute atomic E-state index is 0.0864. The van der Waals surface area contributed by atoms with Crippen molar-refractivity contribution in [1.29, 1.82) is 0 Å². The lowest BCUT2D eigenvalue weighted by molar-refractivity contribution is -0.122. The first kappa shape index (κ1) is 13.4. The van der Waals surface area contributed by atoms with Crippen molar-refractivity contribution in [2.45, 2.75) is 39.2 Å². The van der Waals surface area contributed by atoms with E-state index in [1.165, 1.54) is 0 Å². The second-order valence-corrected chi connectivity index (χ2v) is 3.76. The summed E-state index contributed by atoms with van der Waals surface area (Å²) in [6, 6.07) is -0.388. The summed E-state index contributed by atoms with van der Waals surface area (Å²) in [4.78, 5) is 11.3. The molecule has 14 heavy (non-hydrogen) atoms. The smallest absolute Gasteiger partial charge is 0.236 e. The van der Waals surface area contributed by atoms with Gasteiger partial charge < -0.3 is 16.2 Å². The van der Waals surface area contributed by atoms with E-state index >= 15 is 0 Å². The van der Waals surface area contributed by atoms with Crippen LogP contribution in [0.2, 0.25) is 0 Å². The number of aliphatic hydroxyl groups excluding tert-OH is 1. The minimum atomic E-state index is -0.388. The van der Waals surface area contributed by atoms with Gasteiger partial charge in [0.25, 0.3) is 0 Å². The normalized spacial score (nSPS) is 14.9. The van der Waals surface area contributed by atoms with Crippen LogP contribution in [0.5, 0.6) is 0 Å². The highest BCUT2D eigenvalue weighted by Crippen LogP contribution is 1.99. The van der Waals surface area contributed by atoms with E-state index in [2.05, 4.69) is 5.32 Å². The molecule has 0 rings (SSSR count). The number of amides is 1. The predicted octanol–water partition coefficient (Wildman–Crippen LogP) is 0.249. The molecule has 2 unspecified atom stereocenters. The fraction of sp³-hybridized carbons (Fsp3) is 0.900. The van der Waals surface area contributed by atoms with Crippen LogP contribution in [0.25, 0.3) is 0 Å². The summed E-state index contributed by atoms with van der Waals surface area (Å²) in [6.45, 7) is 4.75. The lowest BCUT2D eigenvalue weighted by Crippen LogP contribution is -2.42. The zero-order valence-electron chi connectivity index (χ0n) is 9.12. The van der Waals surface area contributed by atoms with Crippen LogP contribution in [-0.2, 0) is 4.79 Å². The Morgan fingerprint density at radius 2 is 2.14 bits per heavy atom. The van der Waals surface area contributed by atoms with Crippen molar-refractivity contribution in [2.24, 2.45) is 11.7 Å². The van der Waals surface area contributed by atoms with Crippen LogP contribution in [0.3, 0.4) is 0 Å². The predicted molar refractivity (Wildman–Crippen MR) is 56.8 cm³/mol. The molecule has 0 saturated heterocycles. The van der Waals surface area contributed by atoms with Crippen LogP contribution in [0, 0.1) is 5.92 Å². The highest BCUT2D eigenvalue weighted by Gasteiger charge is 2.12. The molecular weight excluding hydrogens is 180 g/mol. The molecule has 84 valence electrons. The minimum Gasteiger partial charge on any atom is -0.396 e. The summed E-state index contributed by atoms with van der Waals surface area (Å²) in [5.41, 5.74) is 5.63. The molecule has 0 aliphatic rings. The molecule has 0 fully saturated rings. The van der Waals surface area contributed by atoms with Gasteiger partial charge in [0.1, 0.15) is 0 Å². The van der Waals surface area contributed by atoms with E-state index < -0.39 is 0 Å². The van der Waals surface area contributed by atoms with Crippen LogP contribution in [0.15, 0.2) is 0 Å². The number of carbonyl (C=O) groups excluding carboxylic acids is 1. The molecule has 4 N–H and O–H groups in total. The number of aliphatic hydroxyl groups is 1. The molecule has 0 spiro atoms. The molecule has 0 aliphatic carbocycles. The van der Waals surface area contributed by atoms with Gasteiger partial charge in [-0.05, 0) is 18.8 Å². The van der Waals surface area contributed by atoms with Crippen molar-refractivity contribution in [1.82, 2.24) is 5.32 Å². The van der Waals surface area contributed by atoms with Gasteiger partial charge in [0.05, 0.1) is 6.04 Å². The Kier molecular flexibility index (Phi) is 7.42. The topological polar surface area (TPSA) is 75.4 Å². The van der Waals surface area contributed by atoms with Crippen LogP contribution >= 0.6 is 0 Å². The number of carbonyl (C=O) groups is 1. The number of hydrogen-bond donors (Lipinski definition) is 3. The zero-order valence-corrected chi connectivity index (χ0v) is 9.12. The molecule has 0 aromatic rings. The summed E-state index contributed by atoms with van der Waals surface area (Å²) >= 11 is 0. The van der Waals surface area contributed by atoms with E-state index in [4.69, 9.17) is 10.8 Å². The maximum absolute atomic E-state index is 11.3. The summed E-state index contributed by atoms with van der Waals surface area (Å²) in [5, 5.41) is 11.4. The molecule has 0 radical (unpaired) electrons. The highest BCUT2D eigenvalue weighted by molar-refractivity contribution is 5.81. The van der Waals surface area contributed by atoms with Gasteiger partial charge in [-0.15, -0.1) is 0 Å². The Labute approximate surface area is 85.9 Å². The van der Waals surface area contributed by atoms with Gasteiger partial charge in [-0.3, -0.25) is 4.79 Å². The van der Waals surface area contributed by atoms with Crippen LogP contribution in [0.4, 0.5) is 0 Å². The highest BCUT2D eigenvalue weighted by atomic mass is 16.3. The molecule has 0 aromatic carbocycles. The first-order valence-electron chi connectivity index (χ1n) is 5.26. The average molecular weight is 202 g/mol. The summed E-state index contributed by atoms with van der Waals surface area (Å²) in [5.74, 6) is 0.217. The van der Waals surface area contributed by atoms with E-state index in [1.54, 1.807) is 0 Å². The number of rotatable bonds is 7. The molecule has 0 saturated carbocycles. The fourth-order valence-corrected chi connectivity index (χ4v) is 1.17. The Bertz CT molecular complexity index is 162. The molecule has 2 atom stereocenters. The Hall–Kier alpha value is -0.610. The van der Waals surface area contributed by atoms with Gasteiger partial charge in [0.2, 0.25) is 5.91 Å². The van der Waals surface area contributed by atoms with E-state index in [1.807, 2.05) is 13.8 Å². The van der Waals surface area contributed by atoms with E-state index in [0.717, 1.165) is 12.8 Å². The van der Waals surface area contributed by atoms with Crippen molar-refractivity contribution < 1.29 is 9.90 Å². The van der Waals surface area contributed by atoms with Crippen LogP contribution in [0.1, 0.15) is 33.1 Å². The molecule has 0 heterocycles. The van der Waals surface area contributed by atoms with E-state index in [0.29, 0.717) is 18.9 Å². The zero-order chi connectivity index (χ0) is 11.0. The lowest BCUT2D eigenvalue weighted by Gasteiger charge is -2.14. The van der Waals surface area contributed by atoms with Crippen LogP contribution in [-0.4, -0.2) is 30.2 Å². The summed E-state index contributed by atoms with van der Waals surface area (Å²) < 4.78 is 0. The number of nitrogens with one attached hydrogen (secondary N) is 1. The monoisotopic (exact) mass is 202 g/mol. The SMILES string of the molecule is CCCC(N)C(=O)NCC(C)CCO. The van der Waals surface area contributed by atoms with Crippen molar-refractivity contribution in [3.05, 3.63) is 0 Å². The number of hydrogen-bond acceptors (Lipinski definition) is 3. The molecule has 0 bridgehead atoms. The van der Waals surface area contributed by atoms with E-state index in [9.17, 15) is 4.79 Å². The maximum Gasteiger partial charge on any atom is 0.236 e. The fourth-order valence-electron chi connectivity index (χ4n) is 1.17. The van der Waals surface area contributed by atoms with Gasteiger partial charge in [0.15, 0.2) is 0 Å². The van der Waals surface area contributed by atoms with Gasteiger partial charge in [-0.25, -0.2) is 0 Å². The Morgan fingerprint density at radius 3 is 2.64 bits per heavy atom. The Morgan fingerprint density at radius 1 is 1.50 bits per heavy atom. The third kappa shape index (κ3) is 5.94. The molecule has 0 aliphatic heterocycles. The summed E-state index contributed by atoms with van der Waals surface area (Å²) in [7, 11) is 0. The summed E-state index contributed by atoms with van der Waals surface area (Å²) in [6.07, 6.45) is 2.35. The standard InChI is InChI=1S/C10H22N2O2/c1-3-4-9(11)10(14)12-7-8(2)5-6-13/h8-9,13H,3-7,11H2,1-2H3,(H,12,14). The third-order valence-corrected chi connectivity index (χ3v) is 2.18. The van der Waals surface area contributed by atoms with Gasteiger partial charge in [-0.1, -0.05) is 20.3 Å². The largest absolute Gasteiger partial charge is 0.396 e. The van der Waals surface area contributed by atoms with Crippen LogP contribution < -0.4 is 11.1 Å². The second-order valence-electron chi connectivity index (χ2n) is 3.76. The van der Waals surface area contributed by atoms with Crippen molar-refractivity contribution in [3.63, 3.8) is 0 Å². The van der Waals surface area contributed by atoms with Crippen molar-refractivity contribution in [3.8, 4) is 0 Å². The first-order chi connectivity index (χ1) is 6.61. The maximum atomic E-state index is 11.3. The molecule has 4 nitrogen and oxygen atoms in total.